The average molecular weight is 234 g/mol. The third-order valence-electron chi connectivity index (χ3n) is 3.40. The molecule has 0 radical (unpaired) electrons. The van der Waals surface area contributed by atoms with Gasteiger partial charge in [-0.05, 0) is 25.0 Å². The Morgan fingerprint density at radius 3 is 2.88 bits per heavy atom. The minimum absolute atomic E-state index is 0.218. The summed E-state index contributed by atoms with van der Waals surface area (Å²) in [4.78, 5) is 15.3. The molecule has 3 heteroatoms. The molecule has 1 saturated carbocycles. The molecule has 2 nitrogen and oxygen atoms in total. The number of rotatable bonds is 2. The van der Waals surface area contributed by atoms with Crippen LogP contribution in [0.25, 0.3) is 10.9 Å². The normalized spacial score (nSPS) is 16.3. The number of H-pyrrole nitrogens is 1. The van der Waals surface area contributed by atoms with Crippen LogP contribution in [0.2, 0.25) is 5.02 Å². The van der Waals surface area contributed by atoms with Gasteiger partial charge in [-0.3, -0.25) is 4.79 Å². The highest BCUT2D eigenvalue weighted by molar-refractivity contribution is 6.37. The molecule has 0 saturated heterocycles. The van der Waals surface area contributed by atoms with Gasteiger partial charge in [0.05, 0.1) is 5.02 Å². The third-order valence-corrected chi connectivity index (χ3v) is 3.71. The van der Waals surface area contributed by atoms with E-state index in [0.717, 1.165) is 29.3 Å². The van der Waals surface area contributed by atoms with Gasteiger partial charge in [-0.25, -0.2) is 0 Å². The molecule has 0 aliphatic heterocycles. The van der Waals surface area contributed by atoms with Crippen molar-refractivity contribution < 1.29 is 4.79 Å². The molecule has 0 spiro atoms. The molecule has 1 fully saturated rings. The molecular formula is C13H12ClNO. The van der Waals surface area contributed by atoms with E-state index in [1.165, 1.54) is 6.42 Å². The van der Waals surface area contributed by atoms with E-state index in [1.54, 1.807) is 6.20 Å². The molecule has 3 rings (SSSR count). The van der Waals surface area contributed by atoms with Crippen LogP contribution in [0.3, 0.4) is 0 Å². The summed E-state index contributed by atoms with van der Waals surface area (Å²) >= 11 is 6.14. The van der Waals surface area contributed by atoms with E-state index in [2.05, 4.69) is 4.98 Å². The number of aromatic amines is 1. The summed E-state index contributed by atoms with van der Waals surface area (Å²) in [6, 6.07) is 5.66. The molecule has 0 bridgehead atoms. The second-order valence-electron chi connectivity index (χ2n) is 4.36. The molecule has 1 aromatic heterocycles. The number of hydrogen-bond acceptors (Lipinski definition) is 1. The fraction of sp³-hybridized carbons (Fsp3) is 0.308. The lowest BCUT2D eigenvalue weighted by molar-refractivity contribution is 0.0857. The van der Waals surface area contributed by atoms with Crippen LogP contribution in [0.1, 0.15) is 29.6 Å². The van der Waals surface area contributed by atoms with Crippen molar-refractivity contribution in [3.05, 3.63) is 35.0 Å². The molecule has 82 valence electrons. The van der Waals surface area contributed by atoms with Gasteiger partial charge < -0.3 is 4.98 Å². The third kappa shape index (κ3) is 1.37. The van der Waals surface area contributed by atoms with E-state index in [-0.39, 0.29) is 11.7 Å². The van der Waals surface area contributed by atoms with Gasteiger partial charge >= 0.3 is 0 Å². The number of ketones is 1. The zero-order chi connectivity index (χ0) is 11.1. The number of carbonyl (C=O) groups excluding carboxylic acids is 1. The molecule has 1 aliphatic carbocycles. The summed E-state index contributed by atoms with van der Waals surface area (Å²) in [6.07, 6.45) is 5.01. The molecule has 1 aromatic carbocycles. The zero-order valence-electron chi connectivity index (χ0n) is 8.79. The summed E-state index contributed by atoms with van der Waals surface area (Å²) in [5.41, 5.74) is 1.69. The average Bonchev–Trinajstić information content (AvgIpc) is 2.60. The predicted octanol–water partition coefficient (Wildman–Crippen LogP) is 3.80. The van der Waals surface area contributed by atoms with Crippen LogP contribution in [0.15, 0.2) is 24.4 Å². The van der Waals surface area contributed by atoms with Crippen molar-refractivity contribution in [2.75, 3.05) is 0 Å². The molecule has 1 heterocycles. The van der Waals surface area contributed by atoms with Crippen molar-refractivity contribution in [3.8, 4) is 0 Å². The monoisotopic (exact) mass is 233 g/mol. The van der Waals surface area contributed by atoms with Crippen molar-refractivity contribution in [2.24, 2.45) is 5.92 Å². The van der Waals surface area contributed by atoms with Gasteiger partial charge in [-0.1, -0.05) is 24.1 Å². The number of carbonyl (C=O) groups is 1. The van der Waals surface area contributed by atoms with Crippen LogP contribution in [0.4, 0.5) is 0 Å². The number of aromatic nitrogens is 1. The smallest absolute Gasteiger partial charge is 0.168 e. The van der Waals surface area contributed by atoms with Crippen molar-refractivity contribution in [2.45, 2.75) is 19.3 Å². The summed E-state index contributed by atoms with van der Waals surface area (Å²) in [5.74, 6) is 0.459. The van der Waals surface area contributed by atoms with Crippen molar-refractivity contribution >= 4 is 28.3 Å². The molecule has 2 aromatic rings. The maximum absolute atomic E-state index is 12.2. The van der Waals surface area contributed by atoms with E-state index >= 15 is 0 Å². The SMILES string of the molecule is O=C(c1c[nH]c2cccc(Cl)c12)C1CCC1. The maximum Gasteiger partial charge on any atom is 0.168 e. The Bertz CT molecular complexity index is 554. The highest BCUT2D eigenvalue weighted by Crippen LogP contribution is 2.34. The van der Waals surface area contributed by atoms with Gasteiger partial charge in [-0.15, -0.1) is 0 Å². The summed E-state index contributed by atoms with van der Waals surface area (Å²) < 4.78 is 0. The fourth-order valence-electron chi connectivity index (χ4n) is 2.22. The van der Waals surface area contributed by atoms with Crippen LogP contribution < -0.4 is 0 Å². The molecule has 16 heavy (non-hydrogen) atoms. The number of fused-ring (bicyclic) bond motifs is 1. The van der Waals surface area contributed by atoms with E-state index in [1.807, 2.05) is 18.2 Å². The number of hydrogen-bond donors (Lipinski definition) is 1. The Hall–Kier alpha value is -1.28. The lowest BCUT2D eigenvalue weighted by atomic mass is 9.80. The van der Waals surface area contributed by atoms with E-state index < -0.39 is 0 Å². The van der Waals surface area contributed by atoms with Crippen LogP contribution in [0, 0.1) is 5.92 Å². The van der Waals surface area contributed by atoms with Gasteiger partial charge in [0.1, 0.15) is 0 Å². The minimum Gasteiger partial charge on any atom is -0.360 e. The predicted molar refractivity (Wildman–Crippen MR) is 65.0 cm³/mol. The Balaban J connectivity index is 2.12. The Morgan fingerprint density at radius 2 is 2.19 bits per heavy atom. The lowest BCUT2D eigenvalue weighted by Gasteiger charge is -2.23. The summed E-state index contributed by atoms with van der Waals surface area (Å²) in [6.45, 7) is 0. The van der Waals surface area contributed by atoms with Gasteiger partial charge in [-0.2, -0.15) is 0 Å². The fourth-order valence-corrected chi connectivity index (χ4v) is 2.50. The Labute approximate surface area is 98.6 Å². The maximum atomic E-state index is 12.2. The summed E-state index contributed by atoms with van der Waals surface area (Å²) in [5, 5.41) is 1.53. The topological polar surface area (TPSA) is 32.9 Å². The Kier molecular flexibility index (Phi) is 2.25. The van der Waals surface area contributed by atoms with Crippen LogP contribution in [-0.4, -0.2) is 10.8 Å². The van der Waals surface area contributed by atoms with Gasteiger partial charge in [0.2, 0.25) is 0 Å². The number of halogens is 1. The number of Topliss-reactive ketones (excluding diaryl/α,β-unsaturated/α-hetero) is 1. The van der Waals surface area contributed by atoms with E-state index in [0.29, 0.717) is 5.02 Å². The second-order valence-corrected chi connectivity index (χ2v) is 4.76. The van der Waals surface area contributed by atoms with Crippen molar-refractivity contribution in [3.63, 3.8) is 0 Å². The highest BCUT2D eigenvalue weighted by Gasteiger charge is 2.28. The molecule has 0 unspecified atom stereocenters. The molecule has 1 aliphatic rings. The van der Waals surface area contributed by atoms with Gasteiger partial charge in [0.15, 0.2) is 5.78 Å². The molecule has 1 N–H and O–H groups in total. The molecular weight excluding hydrogens is 222 g/mol. The lowest BCUT2D eigenvalue weighted by Crippen LogP contribution is -2.21. The highest BCUT2D eigenvalue weighted by atomic mass is 35.5. The van der Waals surface area contributed by atoms with E-state index in [9.17, 15) is 4.79 Å². The number of nitrogens with one attached hydrogen (secondary N) is 1. The zero-order valence-corrected chi connectivity index (χ0v) is 9.55. The largest absolute Gasteiger partial charge is 0.360 e. The van der Waals surface area contributed by atoms with Crippen molar-refractivity contribution in [1.29, 1.82) is 0 Å². The van der Waals surface area contributed by atoms with Crippen molar-refractivity contribution in [1.82, 2.24) is 4.98 Å². The second kappa shape index (κ2) is 3.63. The van der Waals surface area contributed by atoms with Crippen LogP contribution in [0.5, 0.6) is 0 Å². The first-order valence-corrected chi connectivity index (χ1v) is 5.95. The first kappa shape index (κ1) is 9.91. The van der Waals surface area contributed by atoms with Gasteiger partial charge in [0, 0.05) is 28.6 Å². The van der Waals surface area contributed by atoms with Crippen LogP contribution in [-0.2, 0) is 0 Å². The Morgan fingerprint density at radius 1 is 1.38 bits per heavy atom. The minimum atomic E-state index is 0.218. The van der Waals surface area contributed by atoms with Crippen LogP contribution >= 0.6 is 11.6 Å². The molecule has 0 amide bonds. The molecule has 0 atom stereocenters. The standard InChI is InChI=1S/C13H12ClNO/c14-10-5-2-6-11-12(10)9(7-15-11)13(16)8-3-1-4-8/h2,5-8,15H,1,3-4H2. The van der Waals surface area contributed by atoms with Gasteiger partial charge in [0.25, 0.3) is 0 Å². The quantitative estimate of drug-likeness (QED) is 0.787. The summed E-state index contributed by atoms with van der Waals surface area (Å²) in [7, 11) is 0. The number of benzene rings is 1. The first-order chi connectivity index (χ1) is 7.77. The van der Waals surface area contributed by atoms with E-state index in [4.69, 9.17) is 11.6 Å². The first-order valence-electron chi connectivity index (χ1n) is 5.57.